The fourth-order valence-corrected chi connectivity index (χ4v) is 3.08. The molecule has 0 bridgehead atoms. The van der Waals surface area contributed by atoms with Crippen LogP contribution in [0.2, 0.25) is 0 Å². The minimum absolute atomic E-state index is 0.0195. The number of nitrogens with two attached hydrogens (primary N) is 1. The van der Waals surface area contributed by atoms with Gasteiger partial charge in [-0.2, -0.15) is 11.8 Å². The Hall–Kier alpha value is -2.06. The molecule has 1 unspecified atom stereocenters. The van der Waals surface area contributed by atoms with Crippen LogP contribution in [0.3, 0.4) is 0 Å². The molecule has 0 aromatic heterocycles. The molecule has 1 aromatic carbocycles. The van der Waals surface area contributed by atoms with Gasteiger partial charge in [-0.25, -0.2) is 0 Å². The molecule has 0 aliphatic rings. The van der Waals surface area contributed by atoms with Gasteiger partial charge in [-0.15, -0.1) is 0 Å². The van der Waals surface area contributed by atoms with Gasteiger partial charge >= 0.3 is 11.9 Å². The number of carbonyl (C=O) groups is 3. The zero-order valence-corrected chi connectivity index (χ0v) is 16.1. The first-order chi connectivity index (χ1) is 12.3. The van der Waals surface area contributed by atoms with Crippen molar-refractivity contribution < 1.29 is 23.9 Å². The summed E-state index contributed by atoms with van der Waals surface area (Å²) >= 11 is 1.36. The van der Waals surface area contributed by atoms with E-state index in [0.29, 0.717) is 11.5 Å². The summed E-state index contributed by atoms with van der Waals surface area (Å²) in [5.41, 5.74) is 6.92. The summed E-state index contributed by atoms with van der Waals surface area (Å²) in [6.45, 7) is 4.44. The smallest absolute Gasteiger partial charge is 0.303 e. The van der Waals surface area contributed by atoms with Crippen molar-refractivity contribution in [3.8, 4) is 0 Å². The minimum Gasteiger partial charge on any atom is -0.462 e. The van der Waals surface area contributed by atoms with Crippen molar-refractivity contribution in [3.05, 3.63) is 35.9 Å². The lowest BCUT2D eigenvalue weighted by molar-refractivity contribution is -0.154. The highest BCUT2D eigenvalue weighted by atomic mass is 32.2. The van der Waals surface area contributed by atoms with Gasteiger partial charge in [-0.05, 0) is 12.5 Å². The molecule has 26 heavy (non-hydrogen) atoms. The molecule has 0 spiro atoms. The maximum atomic E-state index is 12.2. The van der Waals surface area contributed by atoms with Gasteiger partial charge in [0.2, 0.25) is 5.91 Å². The Morgan fingerprint density at radius 1 is 1.12 bits per heavy atom. The fraction of sp³-hybridized carbons (Fsp3) is 0.500. The van der Waals surface area contributed by atoms with Crippen molar-refractivity contribution >= 4 is 29.6 Å². The van der Waals surface area contributed by atoms with Crippen LogP contribution in [0.5, 0.6) is 0 Å². The van der Waals surface area contributed by atoms with E-state index in [4.69, 9.17) is 15.2 Å². The summed E-state index contributed by atoms with van der Waals surface area (Å²) in [7, 11) is 0. The van der Waals surface area contributed by atoms with Crippen molar-refractivity contribution in [1.82, 2.24) is 5.32 Å². The number of rotatable bonds is 10. The highest BCUT2D eigenvalue weighted by Gasteiger charge is 2.19. The highest BCUT2D eigenvalue weighted by Crippen LogP contribution is 2.12. The summed E-state index contributed by atoms with van der Waals surface area (Å²) in [5, 5.41) is 2.87. The molecule has 8 heteroatoms. The third-order valence-electron chi connectivity index (χ3n) is 3.40. The van der Waals surface area contributed by atoms with Gasteiger partial charge in [0.05, 0.1) is 12.1 Å². The average Bonchev–Trinajstić information content (AvgIpc) is 2.59. The largest absolute Gasteiger partial charge is 0.462 e. The van der Waals surface area contributed by atoms with E-state index in [2.05, 4.69) is 5.32 Å². The number of nitrogens with one attached hydrogen (secondary N) is 1. The summed E-state index contributed by atoms with van der Waals surface area (Å²) < 4.78 is 9.96. The molecule has 3 N–H and O–H groups in total. The van der Waals surface area contributed by atoms with Gasteiger partial charge in [-0.3, -0.25) is 14.4 Å². The van der Waals surface area contributed by atoms with E-state index in [1.807, 2.05) is 37.3 Å². The van der Waals surface area contributed by atoms with E-state index < -0.39 is 24.1 Å². The standard InChI is InChI=1S/C18H26N2O5S/c1-12(15-7-5-4-6-8-15)20-18(23)17(19)11-26-10-16(25-14(3)22)9-24-13(2)21/h4-8,12,16-17H,9-11,19H2,1-3H3,(H,20,23)/t12?,16-,17+/m1/s1. The van der Waals surface area contributed by atoms with E-state index in [1.165, 1.54) is 25.6 Å². The zero-order valence-electron chi connectivity index (χ0n) is 15.3. The Balaban J connectivity index is 2.40. The van der Waals surface area contributed by atoms with Crippen molar-refractivity contribution in [3.63, 3.8) is 0 Å². The van der Waals surface area contributed by atoms with Crippen molar-refractivity contribution in [1.29, 1.82) is 0 Å². The van der Waals surface area contributed by atoms with E-state index >= 15 is 0 Å². The molecule has 0 radical (unpaired) electrons. The predicted octanol–water partition coefficient (Wildman–Crippen LogP) is 1.42. The van der Waals surface area contributed by atoms with Crippen LogP contribution >= 0.6 is 11.8 Å². The summed E-state index contributed by atoms with van der Waals surface area (Å²) in [6.07, 6.45) is -0.570. The number of carbonyl (C=O) groups excluding carboxylic acids is 3. The van der Waals surface area contributed by atoms with Gasteiger partial charge in [0.1, 0.15) is 12.7 Å². The van der Waals surface area contributed by atoms with Gasteiger partial charge < -0.3 is 20.5 Å². The molecule has 0 fully saturated rings. The molecular formula is C18H26N2O5S. The minimum atomic E-state index is -0.696. The molecule has 0 heterocycles. The third-order valence-corrected chi connectivity index (χ3v) is 4.60. The molecule has 144 valence electrons. The first-order valence-electron chi connectivity index (χ1n) is 8.28. The second-order valence-electron chi connectivity index (χ2n) is 5.82. The fourth-order valence-electron chi connectivity index (χ4n) is 2.11. The predicted molar refractivity (Wildman–Crippen MR) is 100 cm³/mol. The SMILES string of the molecule is CC(=O)OC[C@H](CSC[C@H](N)C(=O)NC(C)c1ccccc1)OC(C)=O. The normalized spacial score (nSPS) is 14.0. The second kappa shape index (κ2) is 11.5. The maximum absolute atomic E-state index is 12.2. The first kappa shape index (κ1) is 22.0. The third kappa shape index (κ3) is 8.87. The van der Waals surface area contributed by atoms with Crippen molar-refractivity contribution in [2.75, 3.05) is 18.1 Å². The van der Waals surface area contributed by atoms with Gasteiger partial charge in [0.15, 0.2) is 0 Å². The molecule has 0 saturated heterocycles. The van der Waals surface area contributed by atoms with Gasteiger partial charge in [0, 0.05) is 25.4 Å². The second-order valence-corrected chi connectivity index (χ2v) is 6.89. The van der Waals surface area contributed by atoms with Crippen molar-refractivity contribution in [2.24, 2.45) is 5.73 Å². The Labute approximate surface area is 158 Å². The van der Waals surface area contributed by atoms with E-state index in [1.54, 1.807) is 0 Å². The quantitative estimate of drug-likeness (QED) is 0.589. The molecule has 7 nitrogen and oxygen atoms in total. The molecule has 3 atom stereocenters. The van der Waals surface area contributed by atoms with Crippen LogP contribution in [0.4, 0.5) is 0 Å². The number of esters is 2. The van der Waals surface area contributed by atoms with Crippen molar-refractivity contribution in [2.45, 2.75) is 39.0 Å². The lowest BCUT2D eigenvalue weighted by Gasteiger charge is -2.19. The molecule has 0 saturated carbocycles. The number of amides is 1. The number of hydrogen-bond donors (Lipinski definition) is 2. The van der Waals surface area contributed by atoms with Gasteiger partial charge in [-0.1, -0.05) is 30.3 Å². The first-order valence-corrected chi connectivity index (χ1v) is 9.44. The summed E-state index contributed by atoms with van der Waals surface area (Å²) in [4.78, 5) is 34.2. The molecule has 1 rings (SSSR count). The van der Waals surface area contributed by atoms with E-state index in [9.17, 15) is 14.4 Å². The Bertz CT molecular complexity index is 597. The summed E-state index contributed by atoms with van der Waals surface area (Å²) in [5.74, 6) is -0.426. The van der Waals surface area contributed by atoms with E-state index in [0.717, 1.165) is 5.56 Å². The zero-order chi connectivity index (χ0) is 19.5. The van der Waals surface area contributed by atoms with E-state index in [-0.39, 0.29) is 18.6 Å². The molecule has 0 aliphatic heterocycles. The Morgan fingerprint density at radius 3 is 2.35 bits per heavy atom. The number of benzene rings is 1. The molecular weight excluding hydrogens is 356 g/mol. The van der Waals surface area contributed by atoms with Crippen LogP contribution in [0.15, 0.2) is 30.3 Å². The molecule has 1 amide bonds. The lowest BCUT2D eigenvalue weighted by Crippen LogP contribution is -2.43. The average molecular weight is 382 g/mol. The molecule has 1 aromatic rings. The van der Waals surface area contributed by atoms with Crippen LogP contribution in [-0.2, 0) is 23.9 Å². The topological polar surface area (TPSA) is 108 Å². The van der Waals surface area contributed by atoms with Crippen LogP contribution in [0, 0.1) is 0 Å². The number of hydrogen-bond acceptors (Lipinski definition) is 7. The van der Waals surface area contributed by atoms with Crippen LogP contribution in [0.25, 0.3) is 0 Å². The Morgan fingerprint density at radius 2 is 1.77 bits per heavy atom. The highest BCUT2D eigenvalue weighted by molar-refractivity contribution is 7.99. The lowest BCUT2D eigenvalue weighted by atomic mass is 10.1. The number of thioether (sulfide) groups is 1. The monoisotopic (exact) mass is 382 g/mol. The van der Waals surface area contributed by atoms with Crippen LogP contribution < -0.4 is 11.1 Å². The maximum Gasteiger partial charge on any atom is 0.303 e. The number of ether oxygens (including phenoxy) is 2. The summed E-state index contributed by atoms with van der Waals surface area (Å²) in [6, 6.07) is 8.76. The van der Waals surface area contributed by atoms with Crippen LogP contribution in [-0.4, -0.2) is 48.1 Å². The Kier molecular flexibility index (Phi) is 9.75. The van der Waals surface area contributed by atoms with Crippen LogP contribution in [0.1, 0.15) is 32.4 Å². The van der Waals surface area contributed by atoms with Gasteiger partial charge in [0.25, 0.3) is 0 Å². The molecule has 0 aliphatic carbocycles.